The van der Waals surface area contributed by atoms with Gasteiger partial charge in [-0.15, -0.1) is 10.2 Å². The highest BCUT2D eigenvalue weighted by atomic mass is 32.2. The van der Waals surface area contributed by atoms with Gasteiger partial charge in [-0.2, -0.15) is 5.26 Å². The Hall–Kier alpha value is -3.23. The van der Waals surface area contributed by atoms with Crippen molar-refractivity contribution in [3.8, 4) is 23.3 Å². The number of carbonyl (C=O) groups is 1. The van der Waals surface area contributed by atoms with Crippen molar-refractivity contribution in [2.45, 2.75) is 74.3 Å². The molecule has 1 fully saturated rings. The number of rotatable bonds is 7. The van der Waals surface area contributed by atoms with Gasteiger partial charge in [0, 0.05) is 28.5 Å². The molecule has 1 aromatic carbocycles. The highest BCUT2D eigenvalue weighted by Crippen LogP contribution is 2.54. The monoisotopic (exact) mass is 581 g/mol. The summed E-state index contributed by atoms with van der Waals surface area (Å²) >= 11 is 3.23. The first-order chi connectivity index (χ1) is 19.2. The predicted octanol–water partition coefficient (Wildman–Crippen LogP) is 5.93. The summed E-state index contributed by atoms with van der Waals surface area (Å²) in [5, 5.41) is 20.6. The van der Waals surface area contributed by atoms with Crippen LogP contribution in [0.2, 0.25) is 0 Å². The molecule has 40 heavy (non-hydrogen) atoms. The zero-order valence-corrected chi connectivity index (χ0v) is 25.2. The van der Waals surface area contributed by atoms with Crippen LogP contribution in [0.1, 0.15) is 70.3 Å². The summed E-state index contributed by atoms with van der Waals surface area (Å²) in [6.07, 6.45) is 7.06. The maximum atomic E-state index is 13.9. The zero-order valence-electron chi connectivity index (χ0n) is 23.6. The average Bonchev–Trinajstić information content (AvgIpc) is 3.38. The first kappa shape index (κ1) is 28.3. The Balaban J connectivity index is 1.66. The Morgan fingerprint density at radius 3 is 2.45 bits per heavy atom. The predicted molar refractivity (Wildman–Crippen MR) is 156 cm³/mol. The van der Waals surface area contributed by atoms with Crippen molar-refractivity contribution in [1.82, 2.24) is 10.2 Å². The van der Waals surface area contributed by atoms with E-state index >= 15 is 0 Å². The minimum absolute atomic E-state index is 0.0281. The number of nitrogens with zero attached hydrogens (tertiary/aromatic N) is 4. The number of anilines is 1. The Morgan fingerprint density at radius 2 is 1.80 bits per heavy atom. The molecule has 11 heteroatoms. The van der Waals surface area contributed by atoms with E-state index in [-0.39, 0.29) is 22.6 Å². The Kier molecular flexibility index (Phi) is 8.02. The highest BCUT2D eigenvalue weighted by Gasteiger charge is 2.46. The lowest BCUT2D eigenvalue weighted by atomic mass is 9.68. The molecule has 9 nitrogen and oxygen atoms in total. The lowest BCUT2D eigenvalue weighted by Gasteiger charge is -2.42. The molecule has 0 amide bonds. The second-order valence-corrected chi connectivity index (χ2v) is 13.6. The van der Waals surface area contributed by atoms with E-state index < -0.39 is 5.92 Å². The number of methoxy groups -OCH3 is 3. The number of ketones is 1. The number of hydrogen-bond acceptors (Lipinski definition) is 11. The molecule has 0 bridgehead atoms. The lowest BCUT2D eigenvalue weighted by Crippen LogP contribution is -2.42. The lowest BCUT2D eigenvalue weighted by molar-refractivity contribution is -0.118. The molecule has 0 spiro atoms. The van der Waals surface area contributed by atoms with Gasteiger partial charge in [0.15, 0.2) is 21.6 Å². The van der Waals surface area contributed by atoms with Crippen LogP contribution in [-0.2, 0) is 4.79 Å². The molecule has 0 saturated heterocycles. The summed E-state index contributed by atoms with van der Waals surface area (Å²) in [4.78, 5) is 15.7. The van der Waals surface area contributed by atoms with Crippen molar-refractivity contribution in [1.29, 1.82) is 5.26 Å². The van der Waals surface area contributed by atoms with Crippen molar-refractivity contribution in [3.63, 3.8) is 0 Å². The fourth-order valence-electron chi connectivity index (χ4n) is 6.06. The molecule has 2 N–H and O–H groups in total. The number of benzene rings is 1. The number of carbonyl (C=O) groups excluding carboxylic acids is 1. The van der Waals surface area contributed by atoms with Crippen molar-refractivity contribution >= 4 is 34.0 Å². The van der Waals surface area contributed by atoms with Crippen molar-refractivity contribution in [2.24, 2.45) is 11.1 Å². The summed E-state index contributed by atoms with van der Waals surface area (Å²) in [7, 11) is 4.60. The maximum Gasteiger partial charge on any atom is 0.219 e. The summed E-state index contributed by atoms with van der Waals surface area (Å²) in [5.41, 5.74) is 8.69. The molecule has 5 rings (SSSR count). The number of ether oxygens (including phenoxy) is 3. The highest BCUT2D eigenvalue weighted by molar-refractivity contribution is 8.01. The number of Topliss-reactive ketones (excluding diaryl/α,β-unsaturated/α-hetero) is 1. The van der Waals surface area contributed by atoms with Crippen LogP contribution in [0.3, 0.4) is 0 Å². The second-order valence-electron chi connectivity index (χ2n) is 11.1. The summed E-state index contributed by atoms with van der Waals surface area (Å²) in [5.74, 6) is 0.767. The molecular formula is C29H35N5O4S2. The van der Waals surface area contributed by atoms with Crippen molar-refractivity contribution < 1.29 is 19.0 Å². The van der Waals surface area contributed by atoms with Crippen LogP contribution in [0, 0.1) is 16.7 Å². The fourth-order valence-corrected chi connectivity index (χ4v) is 8.44. The van der Waals surface area contributed by atoms with E-state index in [1.54, 1.807) is 29.8 Å². The molecule has 212 valence electrons. The first-order valence-electron chi connectivity index (χ1n) is 13.5. The van der Waals surface area contributed by atoms with Crippen LogP contribution in [-0.4, -0.2) is 42.6 Å². The number of aromatic nitrogens is 2. The van der Waals surface area contributed by atoms with Crippen molar-refractivity contribution in [3.05, 3.63) is 40.4 Å². The van der Waals surface area contributed by atoms with Gasteiger partial charge >= 0.3 is 0 Å². The number of nitriles is 1. The van der Waals surface area contributed by atoms with Gasteiger partial charge in [0.05, 0.1) is 38.9 Å². The summed E-state index contributed by atoms with van der Waals surface area (Å²) in [6.45, 7) is 4.14. The van der Waals surface area contributed by atoms with Crippen molar-refractivity contribution in [2.75, 3.05) is 26.2 Å². The standard InChI is InChI=1S/C29H35N5O4S2/c1-29(2)13-19-23(20(35)14-29)22(17-11-12-21(36-3)25(38-5)24(17)37-4)18(15-30)26(31)34(19)27-32-33-28(40-27)39-16-9-7-6-8-10-16/h11-12,16,22H,6-10,13-14,31H2,1-5H3. The fraction of sp³-hybridized carbons (Fsp3) is 0.517. The van der Waals surface area contributed by atoms with Crippen LogP contribution in [0.4, 0.5) is 5.13 Å². The van der Waals surface area contributed by atoms with E-state index in [1.165, 1.54) is 57.7 Å². The second kappa shape index (κ2) is 11.3. The summed E-state index contributed by atoms with van der Waals surface area (Å²) in [6, 6.07) is 5.88. The molecule has 2 aliphatic carbocycles. The van der Waals surface area contributed by atoms with Gasteiger partial charge in [-0.25, -0.2) is 0 Å². The van der Waals surface area contributed by atoms with Gasteiger partial charge in [0.2, 0.25) is 10.9 Å². The maximum absolute atomic E-state index is 13.9. The molecule has 2 heterocycles. The molecule has 1 aliphatic heterocycles. The minimum atomic E-state index is -0.724. The third-order valence-corrected chi connectivity index (χ3v) is 10.2. The Morgan fingerprint density at radius 1 is 1.07 bits per heavy atom. The Bertz CT molecular complexity index is 1420. The molecular weight excluding hydrogens is 546 g/mol. The number of hydrogen-bond donors (Lipinski definition) is 1. The third kappa shape index (κ3) is 5.03. The largest absolute Gasteiger partial charge is 0.493 e. The molecule has 1 aromatic heterocycles. The topological polar surface area (TPSA) is 124 Å². The average molecular weight is 582 g/mol. The number of thioether (sulfide) groups is 1. The molecule has 1 unspecified atom stereocenters. The normalized spacial score (nSPS) is 21.2. The summed E-state index contributed by atoms with van der Waals surface area (Å²) < 4.78 is 17.8. The van der Waals surface area contributed by atoms with E-state index in [2.05, 4.69) is 30.1 Å². The first-order valence-corrected chi connectivity index (χ1v) is 15.2. The van der Waals surface area contributed by atoms with Crippen LogP contribution < -0.4 is 24.8 Å². The third-order valence-electron chi connectivity index (χ3n) is 7.83. The number of allylic oxidation sites excluding steroid dienone is 3. The molecule has 2 aromatic rings. The Labute approximate surface area is 243 Å². The van der Waals surface area contributed by atoms with Gasteiger partial charge < -0.3 is 19.9 Å². The quantitative estimate of drug-likeness (QED) is 0.421. The van der Waals surface area contributed by atoms with Gasteiger partial charge in [0.25, 0.3) is 0 Å². The van der Waals surface area contributed by atoms with Gasteiger partial charge in [-0.1, -0.05) is 62.3 Å². The SMILES string of the molecule is COc1ccc(C2C(C#N)=C(N)N(c3nnc(SC4CCCCC4)s3)C3=C2C(=O)CC(C)(C)C3)c(OC)c1OC. The molecule has 3 aliphatic rings. The van der Waals surface area contributed by atoms with Crippen LogP contribution >= 0.6 is 23.1 Å². The van der Waals surface area contributed by atoms with E-state index in [0.717, 1.165) is 10.0 Å². The van der Waals surface area contributed by atoms with Crippen LogP contribution in [0.5, 0.6) is 17.2 Å². The van der Waals surface area contributed by atoms with Crippen LogP contribution in [0.25, 0.3) is 0 Å². The van der Waals surface area contributed by atoms with E-state index in [4.69, 9.17) is 19.9 Å². The van der Waals surface area contributed by atoms with Gasteiger partial charge in [-0.05, 0) is 30.7 Å². The number of nitrogens with two attached hydrogens (primary N) is 1. The van der Waals surface area contributed by atoms with E-state index in [9.17, 15) is 10.1 Å². The van der Waals surface area contributed by atoms with E-state index in [0.29, 0.717) is 51.6 Å². The zero-order chi connectivity index (χ0) is 28.6. The molecule has 0 radical (unpaired) electrons. The minimum Gasteiger partial charge on any atom is -0.493 e. The molecule has 1 atom stereocenters. The van der Waals surface area contributed by atoms with E-state index in [1.807, 2.05) is 6.07 Å². The van der Waals surface area contributed by atoms with Gasteiger partial charge in [-0.3, -0.25) is 9.69 Å². The van der Waals surface area contributed by atoms with Gasteiger partial charge in [0.1, 0.15) is 5.82 Å². The van der Waals surface area contributed by atoms with Crippen LogP contribution in [0.15, 0.2) is 39.1 Å². The molecule has 1 saturated carbocycles. The smallest absolute Gasteiger partial charge is 0.219 e.